The molecule has 0 unspecified atom stereocenters. The molecular weight excluding hydrogens is 380 g/mol. The van der Waals surface area contributed by atoms with Crippen molar-refractivity contribution in [3.8, 4) is 5.75 Å². The minimum Gasteiger partial charge on any atom is -0.497 e. The Morgan fingerprint density at radius 3 is 2.70 bits per heavy atom. The summed E-state index contributed by atoms with van der Waals surface area (Å²) in [4.78, 5) is 29.8. The number of aryl methyl sites for hydroxylation is 2. The number of aromatic nitrogens is 3. The van der Waals surface area contributed by atoms with E-state index in [-0.39, 0.29) is 11.7 Å². The molecule has 30 heavy (non-hydrogen) atoms. The van der Waals surface area contributed by atoms with Crippen molar-refractivity contribution in [2.45, 2.75) is 19.4 Å². The monoisotopic (exact) mass is 404 g/mol. The van der Waals surface area contributed by atoms with Gasteiger partial charge in [-0.2, -0.15) is 0 Å². The second-order valence-electron chi connectivity index (χ2n) is 7.54. The molecule has 1 amide bonds. The van der Waals surface area contributed by atoms with Crippen LogP contribution in [0.3, 0.4) is 0 Å². The van der Waals surface area contributed by atoms with E-state index < -0.39 is 11.5 Å². The standard InChI is InChI=1S/C23H24N4O3/c1-14(11-15-13-26(2)19-10-9-16(30-4)12-17(15)19)24-22(28)21-23(29)27(3)20-8-6-5-7-18(20)25-21/h5-10,12-14H,11H2,1-4H3,(H,24,28)/t14-/m1/s1. The lowest BCUT2D eigenvalue weighted by Gasteiger charge is -2.14. The Hall–Kier alpha value is -3.61. The minimum absolute atomic E-state index is 0.0948. The summed E-state index contributed by atoms with van der Waals surface area (Å²) in [5.74, 6) is 0.321. The Morgan fingerprint density at radius 2 is 1.93 bits per heavy atom. The Bertz CT molecular complexity index is 1320. The van der Waals surface area contributed by atoms with Gasteiger partial charge in [-0.25, -0.2) is 4.98 Å². The zero-order chi connectivity index (χ0) is 21.4. The van der Waals surface area contributed by atoms with E-state index in [4.69, 9.17) is 4.74 Å². The number of nitrogens with one attached hydrogen (secondary N) is 1. The summed E-state index contributed by atoms with van der Waals surface area (Å²) in [5.41, 5.74) is 2.99. The Morgan fingerprint density at radius 1 is 1.17 bits per heavy atom. The highest BCUT2D eigenvalue weighted by Crippen LogP contribution is 2.26. The average molecular weight is 404 g/mol. The van der Waals surface area contributed by atoms with Crippen LogP contribution in [0.25, 0.3) is 21.9 Å². The first kappa shape index (κ1) is 19.7. The molecular formula is C23H24N4O3. The third-order valence-electron chi connectivity index (χ3n) is 5.38. The van der Waals surface area contributed by atoms with Crippen molar-refractivity contribution in [1.82, 2.24) is 19.4 Å². The predicted octanol–water partition coefficient (Wildman–Crippen LogP) is 2.79. The number of carbonyl (C=O) groups is 1. The van der Waals surface area contributed by atoms with Gasteiger partial charge < -0.3 is 19.2 Å². The van der Waals surface area contributed by atoms with Crippen molar-refractivity contribution >= 4 is 27.8 Å². The number of carbonyl (C=O) groups excluding carboxylic acids is 1. The quantitative estimate of drug-likeness (QED) is 0.555. The summed E-state index contributed by atoms with van der Waals surface area (Å²) in [5, 5.41) is 4.01. The lowest BCUT2D eigenvalue weighted by atomic mass is 10.1. The van der Waals surface area contributed by atoms with Crippen molar-refractivity contribution in [1.29, 1.82) is 0 Å². The maximum absolute atomic E-state index is 12.8. The maximum atomic E-state index is 12.8. The van der Waals surface area contributed by atoms with Crippen LogP contribution in [0.4, 0.5) is 0 Å². The molecule has 7 heteroatoms. The first-order valence-electron chi connectivity index (χ1n) is 9.77. The van der Waals surface area contributed by atoms with Gasteiger partial charge in [0.05, 0.1) is 18.1 Å². The fraction of sp³-hybridized carbons (Fsp3) is 0.261. The molecule has 2 heterocycles. The Kier molecular flexibility index (Phi) is 5.03. The highest BCUT2D eigenvalue weighted by molar-refractivity contribution is 5.94. The van der Waals surface area contributed by atoms with Gasteiger partial charge in [0.1, 0.15) is 5.75 Å². The fourth-order valence-electron chi connectivity index (χ4n) is 3.84. The number of ether oxygens (including phenoxy) is 1. The number of benzene rings is 2. The molecule has 0 aliphatic heterocycles. The van der Waals surface area contributed by atoms with Crippen LogP contribution in [0.2, 0.25) is 0 Å². The number of rotatable bonds is 5. The third kappa shape index (κ3) is 3.43. The number of hydrogen-bond acceptors (Lipinski definition) is 4. The molecule has 4 aromatic rings. The van der Waals surface area contributed by atoms with Gasteiger partial charge in [0.15, 0.2) is 5.69 Å². The molecule has 0 radical (unpaired) electrons. The molecule has 0 saturated heterocycles. The van der Waals surface area contributed by atoms with E-state index in [1.807, 2.05) is 50.4 Å². The molecule has 0 bridgehead atoms. The van der Waals surface area contributed by atoms with E-state index in [1.165, 1.54) is 4.57 Å². The number of hydrogen-bond donors (Lipinski definition) is 1. The molecule has 0 spiro atoms. The molecule has 7 nitrogen and oxygen atoms in total. The summed E-state index contributed by atoms with van der Waals surface area (Å²) < 4.78 is 8.86. The molecule has 2 aromatic carbocycles. The molecule has 1 atom stereocenters. The molecule has 2 aromatic heterocycles. The maximum Gasteiger partial charge on any atom is 0.282 e. The average Bonchev–Trinajstić information content (AvgIpc) is 3.05. The van der Waals surface area contributed by atoms with Crippen LogP contribution in [0.1, 0.15) is 23.0 Å². The predicted molar refractivity (Wildman–Crippen MR) is 117 cm³/mol. The zero-order valence-corrected chi connectivity index (χ0v) is 17.5. The van der Waals surface area contributed by atoms with Gasteiger partial charge in [-0.05, 0) is 49.2 Å². The van der Waals surface area contributed by atoms with Crippen LogP contribution in [-0.2, 0) is 20.5 Å². The second kappa shape index (κ2) is 7.67. The van der Waals surface area contributed by atoms with Gasteiger partial charge in [-0.3, -0.25) is 9.59 Å². The molecule has 0 aliphatic carbocycles. The molecule has 4 rings (SSSR count). The van der Waals surface area contributed by atoms with E-state index in [0.29, 0.717) is 17.5 Å². The van der Waals surface area contributed by atoms with Gasteiger partial charge in [-0.15, -0.1) is 0 Å². The number of fused-ring (bicyclic) bond motifs is 2. The molecule has 154 valence electrons. The summed E-state index contributed by atoms with van der Waals surface area (Å²) in [6.45, 7) is 1.92. The topological polar surface area (TPSA) is 78.2 Å². The summed E-state index contributed by atoms with van der Waals surface area (Å²) in [6.07, 6.45) is 2.67. The van der Waals surface area contributed by atoms with Crippen LogP contribution >= 0.6 is 0 Å². The third-order valence-corrected chi connectivity index (χ3v) is 5.38. The first-order valence-corrected chi connectivity index (χ1v) is 9.77. The summed E-state index contributed by atoms with van der Waals surface area (Å²) >= 11 is 0. The van der Waals surface area contributed by atoms with Crippen molar-refractivity contribution in [2.75, 3.05) is 7.11 Å². The highest BCUT2D eigenvalue weighted by atomic mass is 16.5. The van der Waals surface area contributed by atoms with Crippen LogP contribution < -0.4 is 15.6 Å². The van der Waals surface area contributed by atoms with E-state index in [1.54, 1.807) is 20.2 Å². The van der Waals surface area contributed by atoms with Crippen LogP contribution in [0, 0.1) is 0 Å². The number of nitrogens with zero attached hydrogens (tertiary/aromatic N) is 3. The summed E-state index contributed by atoms with van der Waals surface area (Å²) in [7, 11) is 5.28. The smallest absolute Gasteiger partial charge is 0.282 e. The minimum atomic E-state index is -0.466. The Labute approximate surface area is 173 Å². The van der Waals surface area contributed by atoms with Crippen molar-refractivity contribution in [2.24, 2.45) is 14.1 Å². The number of amides is 1. The Balaban J connectivity index is 1.59. The van der Waals surface area contributed by atoms with Crippen molar-refractivity contribution in [3.05, 3.63) is 70.3 Å². The van der Waals surface area contributed by atoms with E-state index in [9.17, 15) is 9.59 Å². The summed E-state index contributed by atoms with van der Waals surface area (Å²) in [6, 6.07) is 13.0. The number of methoxy groups -OCH3 is 1. The fourth-order valence-corrected chi connectivity index (χ4v) is 3.84. The normalized spacial score (nSPS) is 12.3. The van der Waals surface area contributed by atoms with E-state index in [0.717, 1.165) is 22.2 Å². The van der Waals surface area contributed by atoms with Gasteiger partial charge >= 0.3 is 0 Å². The van der Waals surface area contributed by atoms with Crippen LogP contribution in [0.5, 0.6) is 5.75 Å². The van der Waals surface area contributed by atoms with Crippen molar-refractivity contribution < 1.29 is 9.53 Å². The van der Waals surface area contributed by atoms with Crippen LogP contribution in [0.15, 0.2) is 53.5 Å². The first-order chi connectivity index (χ1) is 14.4. The number of para-hydroxylation sites is 2. The second-order valence-corrected chi connectivity index (χ2v) is 7.54. The van der Waals surface area contributed by atoms with Crippen LogP contribution in [-0.4, -0.2) is 33.2 Å². The van der Waals surface area contributed by atoms with Crippen molar-refractivity contribution in [3.63, 3.8) is 0 Å². The SMILES string of the molecule is COc1ccc2c(c1)c(C[C@@H](C)NC(=O)c1nc3ccccc3n(C)c1=O)cn2C. The van der Waals surface area contributed by atoms with Gasteiger partial charge in [0.2, 0.25) is 0 Å². The molecule has 0 fully saturated rings. The largest absolute Gasteiger partial charge is 0.497 e. The zero-order valence-electron chi connectivity index (χ0n) is 17.5. The van der Waals surface area contributed by atoms with Gasteiger partial charge in [-0.1, -0.05) is 12.1 Å². The van der Waals surface area contributed by atoms with E-state index in [2.05, 4.69) is 21.1 Å². The lowest BCUT2D eigenvalue weighted by molar-refractivity contribution is 0.0933. The van der Waals surface area contributed by atoms with E-state index >= 15 is 0 Å². The molecule has 0 aliphatic rings. The van der Waals surface area contributed by atoms with Gasteiger partial charge in [0.25, 0.3) is 11.5 Å². The highest BCUT2D eigenvalue weighted by Gasteiger charge is 2.19. The van der Waals surface area contributed by atoms with Gasteiger partial charge in [0, 0.05) is 37.2 Å². The molecule has 1 N–H and O–H groups in total. The lowest BCUT2D eigenvalue weighted by Crippen LogP contribution is -2.39. The molecule has 0 saturated carbocycles.